The van der Waals surface area contributed by atoms with Crippen LogP contribution < -0.4 is 0 Å². The van der Waals surface area contributed by atoms with Crippen LogP contribution in [0.15, 0.2) is 24.3 Å². The minimum absolute atomic E-state index is 0.0923. The van der Waals surface area contributed by atoms with Crippen molar-refractivity contribution in [2.75, 3.05) is 6.54 Å². The molecule has 1 aliphatic rings. The number of rotatable bonds is 4. The van der Waals surface area contributed by atoms with Crippen molar-refractivity contribution in [1.82, 2.24) is 4.90 Å². The molecule has 0 bridgehead atoms. The van der Waals surface area contributed by atoms with E-state index in [0.29, 0.717) is 24.9 Å². The van der Waals surface area contributed by atoms with Crippen molar-refractivity contribution < 1.29 is 14.8 Å². The number of carbonyl (C=O) groups is 1. The van der Waals surface area contributed by atoms with Crippen LogP contribution in [0.25, 0.3) is 0 Å². The van der Waals surface area contributed by atoms with Gasteiger partial charge in [-0.1, -0.05) is 18.2 Å². The average molecular weight is 292 g/mol. The van der Waals surface area contributed by atoms with E-state index >= 15 is 0 Å². The topological polar surface area (TPSA) is 83.7 Å². The van der Waals surface area contributed by atoms with Crippen LogP contribution in [0.4, 0.5) is 5.69 Å². The van der Waals surface area contributed by atoms with Gasteiger partial charge >= 0.3 is 5.97 Å². The number of carboxylic acid groups (broad SMARTS) is 1. The van der Waals surface area contributed by atoms with Gasteiger partial charge in [-0.2, -0.15) is 0 Å². The van der Waals surface area contributed by atoms with E-state index in [1.165, 1.54) is 6.07 Å². The molecular formula is C15H20N2O4. The lowest BCUT2D eigenvalue weighted by Crippen LogP contribution is -2.44. The fraction of sp³-hybridized carbons (Fsp3) is 0.533. The number of likely N-dealkylation sites (tertiary alicyclic amines) is 1. The van der Waals surface area contributed by atoms with Gasteiger partial charge in [-0.15, -0.1) is 0 Å². The molecule has 0 aromatic heterocycles. The summed E-state index contributed by atoms with van der Waals surface area (Å²) in [4.78, 5) is 24.0. The Labute approximate surface area is 123 Å². The summed E-state index contributed by atoms with van der Waals surface area (Å²) < 4.78 is 0. The Bertz CT molecular complexity index is 546. The molecule has 1 aromatic carbocycles. The molecule has 21 heavy (non-hydrogen) atoms. The first-order valence-electron chi connectivity index (χ1n) is 7.13. The number of hydrogen-bond acceptors (Lipinski definition) is 4. The molecule has 1 fully saturated rings. The monoisotopic (exact) mass is 292 g/mol. The van der Waals surface area contributed by atoms with Crippen LogP contribution in [-0.4, -0.2) is 33.5 Å². The molecule has 3 unspecified atom stereocenters. The number of hydrogen-bond donors (Lipinski definition) is 1. The van der Waals surface area contributed by atoms with Gasteiger partial charge in [0.1, 0.15) is 0 Å². The second kappa shape index (κ2) is 6.22. The van der Waals surface area contributed by atoms with Crippen LogP contribution in [0.1, 0.15) is 38.3 Å². The van der Waals surface area contributed by atoms with E-state index < -0.39 is 5.97 Å². The fourth-order valence-electron chi connectivity index (χ4n) is 3.18. The molecule has 1 aromatic rings. The van der Waals surface area contributed by atoms with Crippen LogP contribution in [0, 0.1) is 16.0 Å². The first-order valence-corrected chi connectivity index (χ1v) is 7.13. The molecule has 0 aliphatic carbocycles. The summed E-state index contributed by atoms with van der Waals surface area (Å²) in [5.74, 6) is -1.06. The summed E-state index contributed by atoms with van der Waals surface area (Å²) in [6, 6.07) is 6.74. The second-order valence-electron chi connectivity index (χ2n) is 5.64. The summed E-state index contributed by atoms with van der Waals surface area (Å²) in [6.45, 7) is 4.58. The molecular weight excluding hydrogens is 272 g/mol. The van der Waals surface area contributed by atoms with Gasteiger partial charge in [-0.25, -0.2) is 0 Å². The van der Waals surface area contributed by atoms with Crippen molar-refractivity contribution in [3.8, 4) is 0 Å². The molecule has 1 heterocycles. The highest BCUT2D eigenvalue weighted by molar-refractivity contribution is 5.70. The maximum absolute atomic E-state index is 11.1. The number of nitro groups is 1. The number of para-hydroxylation sites is 1. The van der Waals surface area contributed by atoms with E-state index in [4.69, 9.17) is 5.11 Å². The molecule has 0 spiro atoms. The number of carboxylic acids is 1. The Hall–Kier alpha value is -1.95. The van der Waals surface area contributed by atoms with Crippen molar-refractivity contribution in [1.29, 1.82) is 0 Å². The van der Waals surface area contributed by atoms with E-state index in [1.807, 2.05) is 13.8 Å². The third-order valence-corrected chi connectivity index (χ3v) is 4.36. The molecule has 0 amide bonds. The maximum atomic E-state index is 11.1. The Balaban J connectivity index is 2.19. The van der Waals surface area contributed by atoms with Gasteiger partial charge in [0.25, 0.3) is 5.69 Å². The number of nitrogens with zero attached hydrogens (tertiary/aromatic N) is 2. The lowest BCUT2D eigenvalue weighted by atomic mass is 9.89. The summed E-state index contributed by atoms with van der Waals surface area (Å²) in [6.07, 6.45) is 1.17. The lowest BCUT2D eigenvalue weighted by molar-refractivity contribution is -0.386. The van der Waals surface area contributed by atoms with Gasteiger partial charge in [-0.3, -0.25) is 19.8 Å². The van der Waals surface area contributed by atoms with E-state index in [9.17, 15) is 14.9 Å². The van der Waals surface area contributed by atoms with E-state index in [2.05, 4.69) is 4.90 Å². The van der Waals surface area contributed by atoms with Crippen molar-refractivity contribution in [3.05, 3.63) is 39.9 Å². The number of benzene rings is 1. The van der Waals surface area contributed by atoms with Crippen molar-refractivity contribution >= 4 is 11.7 Å². The zero-order valence-electron chi connectivity index (χ0n) is 12.2. The molecule has 114 valence electrons. The van der Waals surface area contributed by atoms with E-state index in [-0.39, 0.29) is 28.6 Å². The average Bonchev–Trinajstić information content (AvgIpc) is 2.46. The molecule has 1 aliphatic heterocycles. The maximum Gasteiger partial charge on any atom is 0.306 e. The van der Waals surface area contributed by atoms with Gasteiger partial charge in [0.2, 0.25) is 0 Å². The fourth-order valence-corrected chi connectivity index (χ4v) is 3.18. The Morgan fingerprint density at radius 3 is 2.71 bits per heavy atom. The Morgan fingerprint density at radius 1 is 1.48 bits per heavy atom. The number of nitro benzene ring substituents is 1. The first-order chi connectivity index (χ1) is 9.91. The normalized spacial score (nSPS) is 24.5. The summed E-state index contributed by atoms with van der Waals surface area (Å²) >= 11 is 0. The summed E-state index contributed by atoms with van der Waals surface area (Å²) in [5.41, 5.74) is 0.806. The van der Waals surface area contributed by atoms with Crippen LogP contribution in [0.5, 0.6) is 0 Å². The smallest absolute Gasteiger partial charge is 0.306 e. The van der Waals surface area contributed by atoms with Crippen LogP contribution in [0.2, 0.25) is 0 Å². The van der Waals surface area contributed by atoms with Crippen molar-refractivity contribution in [2.45, 2.75) is 38.8 Å². The quantitative estimate of drug-likeness (QED) is 0.681. The van der Waals surface area contributed by atoms with Crippen LogP contribution >= 0.6 is 0 Å². The predicted molar refractivity (Wildman–Crippen MR) is 78.0 cm³/mol. The number of aliphatic carboxylic acids is 1. The zero-order chi connectivity index (χ0) is 15.6. The minimum atomic E-state index is -0.750. The predicted octanol–water partition coefficient (Wildman–Crippen LogP) is 2.84. The molecule has 6 heteroatoms. The summed E-state index contributed by atoms with van der Waals surface area (Å²) in [7, 11) is 0. The van der Waals surface area contributed by atoms with Gasteiger partial charge in [0.15, 0.2) is 0 Å². The lowest BCUT2D eigenvalue weighted by Gasteiger charge is -2.40. The minimum Gasteiger partial charge on any atom is -0.481 e. The van der Waals surface area contributed by atoms with Gasteiger partial charge in [0, 0.05) is 23.7 Å². The highest BCUT2D eigenvalue weighted by Crippen LogP contribution is 2.34. The van der Waals surface area contributed by atoms with Gasteiger partial charge in [-0.05, 0) is 33.2 Å². The standard InChI is InChI=1S/C15H20N2O4/c1-10-9-12(15(18)19)7-8-16(10)11(2)13-5-3-4-6-14(13)17(20)21/h3-6,10-12H,7-9H2,1-2H3,(H,18,19). The zero-order valence-corrected chi connectivity index (χ0v) is 12.2. The molecule has 1 saturated heterocycles. The highest BCUT2D eigenvalue weighted by Gasteiger charge is 2.34. The van der Waals surface area contributed by atoms with Crippen molar-refractivity contribution in [3.63, 3.8) is 0 Å². The third kappa shape index (κ3) is 3.21. The molecule has 2 rings (SSSR count). The third-order valence-electron chi connectivity index (χ3n) is 4.36. The first kappa shape index (κ1) is 15.4. The Morgan fingerprint density at radius 2 is 2.14 bits per heavy atom. The second-order valence-corrected chi connectivity index (χ2v) is 5.64. The van der Waals surface area contributed by atoms with E-state index in [1.54, 1.807) is 18.2 Å². The molecule has 1 N–H and O–H groups in total. The summed E-state index contributed by atoms with van der Waals surface area (Å²) in [5, 5.41) is 20.2. The Kier molecular flexibility index (Phi) is 4.57. The van der Waals surface area contributed by atoms with E-state index in [0.717, 1.165) is 0 Å². The van der Waals surface area contributed by atoms with Crippen LogP contribution in [0.3, 0.4) is 0 Å². The van der Waals surface area contributed by atoms with Crippen LogP contribution in [-0.2, 0) is 4.79 Å². The molecule has 3 atom stereocenters. The SMILES string of the molecule is CC1CC(C(=O)O)CCN1C(C)c1ccccc1[N+](=O)[O-]. The highest BCUT2D eigenvalue weighted by atomic mass is 16.6. The largest absolute Gasteiger partial charge is 0.481 e. The molecule has 0 saturated carbocycles. The van der Waals surface area contributed by atoms with Crippen molar-refractivity contribution in [2.24, 2.45) is 5.92 Å². The molecule has 6 nitrogen and oxygen atoms in total. The molecule has 0 radical (unpaired) electrons. The van der Waals surface area contributed by atoms with Gasteiger partial charge < -0.3 is 5.11 Å². The number of piperidine rings is 1. The van der Waals surface area contributed by atoms with Gasteiger partial charge in [0.05, 0.1) is 10.8 Å².